The molecule has 2 amide bonds. The highest BCUT2D eigenvalue weighted by molar-refractivity contribution is 6.01. The Labute approximate surface area is 224 Å². The molecule has 0 bridgehead atoms. The van der Waals surface area contributed by atoms with Gasteiger partial charge in [0.15, 0.2) is 0 Å². The first-order chi connectivity index (χ1) is 18.6. The monoisotopic (exact) mass is 532 g/mol. The number of aryl methyl sites for hydroxylation is 1. The van der Waals surface area contributed by atoms with E-state index >= 15 is 0 Å². The zero-order valence-electron chi connectivity index (χ0n) is 22.1. The quantitative estimate of drug-likeness (QED) is 0.270. The molecule has 1 aliphatic rings. The van der Waals surface area contributed by atoms with Crippen LogP contribution in [0.2, 0.25) is 0 Å². The van der Waals surface area contributed by atoms with Crippen molar-refractivity contribution in [3.8, 4) is 5.75 Å². The maximum atomic E-state index is 14.4. The zero-order valence-corrected chi connectivity index (χ0v) is 22.1. The molecule has 202 valence electrons. The number of nitrogens with zero attached hydrogens (tertiary/aromatic N) is 4. The van der Waals surface area contributed by atoms with Gasteiger partial charge in [-0.3, -0.25) is 9.59 Å². The molecule has 0 saturated carbocycles. The largest absolute Gasteiger partial charge is 0.495 e. The van der Waals surface area contributed by atoms with Crippen LogP contribution >= 0.6 is 0 Å². The molecule has 0 spiro atoms. The van der Waals surface area contributed by atoms with Gasteiger partial charge in [0.05, 0.1) is 36.0 Å². The van der Waals surface area contributed by atoms with Gasteiger partial charge in [0.2, 0.25) is 11.9 Å². The third kappa shape index (κ3) is 5.06. The van der Waals surface area contributed by atoms with Crippen molar-refractivity contribution >= 4 is 51.7 Å². The molecule has 0 radical (unpaired) electrons. The average molecular weight is 533 g/mol. The number of carbonyl (C=O) groups excluding carboxylic acids is 2. The second-order valence-electron chi connectivity index (χ2n) is 9.60. The van der Waals surface area contributed by atoms with Gasteiger partial charge in [0, 0.05) is 17.9 Å². The zero-order chi connectivity index (χ0) is 27.8. The third-order valence-electron chi connectivity index (χ3n) is 6.43. The maximum Gasteiger partial charge on any atom is 0.253 e. The van der Waals surface area contributed by atoms with Crippen LogP contribution in [0.15, 0.2) is 36.4 Å². The van der Waals surface area contributed by atoms with Gasteiger partial charge >= 0.3 is 0 Å². The number of benzene rings is 2. The van der Waals surface area contributed by atoms with Crippen LogP contribution in [0.1, 0.15) is 21.6 Å². The molecule has 3 heterocycles. The molecule has 0 unspecified atom stereocenters. The van der Waals surface area contributed by atoms with Crippen LogP contribution in [0.25, 0.3) is 11.0 Å². The van der Waals surface area contributed by atoms with Crippen LogP contribution in [-0.4, -0.2) is 66.0 Å². The highest BCUT2D eigenvalue weighted by Gasteiger charge is 2.27. The summed E-state index contributed by atoms with van der Waals surface area (Å²) in [6.45, 7) is 2.75. The van der Waals surface area contributed by atoms with Gasteiger partial charge < -0.3 is 35.9 Å². The first kappa shape index (κ1) is 25.9. The van der Waals surface area contributed by atoms with Gasteiger partial charge in [-0.15, -0.1) is 0 Å². The Bertz CT molecular complexity index is 1600. The summed E-state index contributed by atoms with van der Waals surface area (Å²) in [5.41, 5.74) is 9.07. The number of halogens is 1. The second-order valence-corrected chi connectivity index (χ2v) is 9.60. The lowest BCUT2D eigenvalue weighted by atomic mass is 10.1. The van der Waals surface area contributed by atoms with E-state index in [9.17, 15) is 14.0 Å². The molecule has 39 heavy (non-hydrogen) atoms. The summed E-state index contributed by atoms with van der Waals surface area (Å²) in [5.74, 6) is -0.522. The number of ether oxygens (including phenoxy) is 1. The summed E-state index contributed by atoms with van der Waals surface area (Å²) < 4.78 is 20.0. The number of nitrogens with one attached hydrogen (secondary N) is 3. The molecular formula is C27H29FN8O3. The SMILES string of the molecule is COc1cc2c(cc1Nc1nc(Nc3cccc(F)c3C(N)=O)c3cc(C)[nH]c3n1)N(C(=O)CN(C)C)CC2. The Kier molecular flexibility index (Phi) is 6.79. The maximum absolute atomic E-state index is 14.4. The lowest BCUT2D eigenvalue weighted by molar-refractivity contribution is -0.119. The van der Waals surface area contributed by atoms with Crippen molar-refractivity contribution in [2.24, 2.45) is 5.73 Å². The number of H-pyrrole nitrogens is 1. The van der Waals surface area contributed by atoms with Crippen molar-refractivity contribution < 1.29 is 18.7 Å². The lowest BCUT2D eigenvalue weighted by Crippen LogP contribution is -2.36. The molecule has 11 nitrogen and oxygen atoms in total. The van der Waals surface area contributed by atoms with Crippen LogP contribution in [-0.2, 0) is 11.2 Å². The van der Waals surface area contributed by atoms with E-state index in [0.29, 0.717) is 41.4 Å². The minimum absolute atomic E-state index is 0.00114. The number of fused-ring (bicyclic) bond motifs is 2. The summed E-state index contributed by atoms with van der Waals surface area (Å²) in [7, 11) is 5.28. The van der Waals surface area contributed by atoms with E-state index in [-0.39, 0.29) is 23.1 Å². The van der Waals surface area contributed by atoms with Crippen molar-refractivity contribution in [1.29, 1.82) is 0 Å². The molecule has 5 N–H and O–H groups in total. The highest BCUT2D eigenvalue weighted by Crippen LogP contribution is 2.39. The summed E-state index contributed by atoms with van der Waals surface area (Å²) in [6.07, 6.45) is 0.721. The van der Waals surface area contributed by atoms with E-state index in [4.69, 9.17) is 10.5 Å². The topological polar surface area (TPSA) is 142 Å². The molecule has 0 atom stereocenters. The van der Waals surface area contributed by atoms with E-state index in [1.165, 1.54) is 12.1 Å². The number of carbonyl (C=O) groups is 2. The number of amides is 2. The van der Waals surface area contributed by atoms with Gasteiger partial charge in [0.1, 0.15) is 23.0 Å². The average Bonchev–Trinajstić information content (AvgIpc) is 3.45. The van der Waals surface area contributed by atoms with E-state index in [1.54, 1.807) is 18.1 Å². The molecule has 0 fully saturated rings. The molecule has 0 saturated heterocycles. The Morgan fingerprint density at radius 2 is 1.97 bits per heavy atom. The van der Waals surface area contributed by atoms with Crippen molar-refractivity contribution in [2.75, 3.05) is 49.8 Å². The van der Waals surface area contributed by atoms with Crippen LogP contribution in [0.4, 0.5) is 33.2 Å². The van der Waals surface area contributed by atoms with Crippen molar-refractivity contribution in [3.05, 3.63) is 59.0 Å². The number of primary amides is 1. The van der Waals surface area contributed by atoms with Gasteiger partial charge in [-0.25, -0.2) is 4.39 Å². The number of nitrogens with two attached hydrogens (primary N) is 1. The molecule has 2 aromatic carbocycles. The third-order valence-corrected chi connectivity index (χ3v) is 6.43. The number of aromatic nitrogens is 3. The van der Waals surface area contributed by atoms with Gasteiger partial charge in [-0.05, 0) is 63.3 Å². The minimum atomic E-state index is -0.902. The molecule has 4 aromatic rings. The molecule has 12 heteroatoms. The smallest absolute Gasteiger partial charge is 0.253 e. The Balaban J connectivity index is 1.55. The highest BCUT2D eigenvalue weighted by atomic mass is 19.1. The molecule has 2 aromatic heterocycles. The second kappa shape index (κ2) is 10.2. The predicted molar refractivity (Wildman–Crippen MR) is 148 cm³/mol. The van der Waals surface area contributed by atoms with E-state index in [1.807, 2.05) is 44.1 Å². The van der Waals surface area contributed by atoms with E-state index in [0.717, 1.165) is 23.4 Å². The van der Waals surface area contributed by atoms with E-state index < -0.39 is 11.7 Å². The van der Waals surface area contributed by atoms with Crippen LogP contribution < -0.4 is 26.0 Å². The Hall–Kier alpha value is -4.71. The predicted octanol–water partition coefficient (Wildman–Crippen LogP) is 3.45. The van der Waals surface area contributed by atoms with Crippen LogP contribution in [0.3, 0.4) is 0 Å². The number of hydrogen-bond donors (Lipinski definition) is 4. The summed E-state index contributed by atoms with van der Waals surface area (Å²) >= 11 is 0. The number of methoxy groups -OCH3 is 1. The van der Waals surface area contributed by atoms with Gasteiger partial charge in [-0.1, -0.05) is 6.07 Å². The molecule has 0 aliphatic carbocycles. The van der Waals surface area contributed by atoms with Crippen molar-refractivity contribution in [2.45, 2.75) is 13.3 Å². The summed E-state index contributed by atoms with van der Waals surface area (Å²) in [4.78, 5) is 40.8. The summed E-state index contributed by atoms with van der Waals surface area (Å²) in [5, 5.41) is 6.89. The Morgan fingerprint density at radius 1 is 1.18 bits per heavy atom. The van der Waals surface area contributed by atoms with Crippen molar-refractivity contribution in [1.82, 2.24) is 19.9 Å². The number of hydrogen-bond acceptors (Lipinski definition) is 8. The van der Waals surface area contributed by atoms with Crippen LogP contribution in [0.5, 0.6) is 5.75 Å². The fraction of sp³-hybridized carbons (Fsp3) is 0.259. The number of likely N-dealkylation sites (N-methyl/N-ethyl adjacent to an activating group) is 1. The van der Waals surface area contributed by atoms with Gasteiger partial charge in [0.25, 0.3) is 5.91 Å². The van der Waals surface area contributed by atoms with Gasteiger partial charge in [-0.2, -0.15) is 9.97 Å². The first-order valence-electron chi connectivity index (χ1n) is 12.3. The normalized spacial score (nSPS) is 12.6. The lowest BCUT2D eigenvalue weighted by Gasteiger charge is -2.21. The molecule has 5 rings (SSSR count). The molecule has 1 aliphatic heterocycles. The summed E-state index contributed by atoms with van der Waals surface area (Å²) in [6, 6.07) is 9.79. The van der Waals surface area contributed by atoms with Crippen LogP contribution in [0, 0.1) is 12.7 Å². The van der Waals surface area contributed by atoms with Crippen molar-refractivity contribution in [3.63, 3.8) is 0 Å². The Morgan fingerprint density at radius 3 is 2.69 bits per heavy atom. The minimum Gasteiger partial charge on any atom is -0.495 e. The molecular weight excluding hydrogens is 503 g/mol. The van der Waals surface area contributed by atoms with E-state index in [2.05, 4.69) is 25.6 Å². The standard InChI is InChI=1S/C27H29FN8O3/c1-14-10-16-25(30-14)33-27(34-26(16)31-18-7-5-6-17(28)23(18)24(29)38)32-19-12-20-15(11-21(19)39-4)8-9-36(20)22(37)13-35(2)3/h5-7,10-12H,8-9,13H2,1-4H3,(H2,29,38)(H3,30,31,32,33,34). The fourth-order valence-electron chi connectivity index (χ4n) is 4.71. The number of aromatic amines is 1. The first-order valence-corrected chi connectivity index (χ1v) is 12.3. The fourth-order valence-corrected chi connectivity index (χ4v) is 4.71. The number of rotatable bonds is 8. The number of anilines is 5.